The lowest BCUT2D eigenvalue weighted by Gasteiger charge is -2.11. The molecule has 3 aromatic rings. The highest BCUT2D eigenvalue weighted by molar-refractivity contribution is 6.10. The van der Waals surface area contributed by atoms with Crippen molar-refractivity contribution in [2.45, 2.75) is 12.8 Å². The number of anilines is 2. The third-order valence-electron chi connectivity index (χ3n) is 3.96. The lowest BCUT2D eigenvalue weighted by Crippen LogP contribution is -2.18. The Morgan fingerprint density at radius 1 is 0.692 bits per heavy atom. The van der Waals surface area contributed by atoms with E-state index in [1.165, 1.54) is 0 Å². The first-order valence-corrected chi connectivity index (χ1v) is 8.51. The summed E-state index contributed by atoms with van der Waals surface area (Å²) < 4.78 is 0. The van der Waals surface area contributed by atoms with Crippen molar-refractivity contribution in [2.75, 3.05) is 10.6 Å². The van der Waals surface area contributed by atoms with Gasteiger partial charge in [0.1, 0.15) is 0 Å². The van der Waals surface area contributed by atoms with Crippen molar-refractivity contribution >= 4 is 23.2 Å². The van der Waals surface area contributed by atoms with Gasteiger partial charge in [-0.1, -0.05) is 60.7 Å². The molecule has 0 spiro atoms. The molecule has 0 unspecified atom stereocenters. The molecule has 0 heterocycles. The van der Waals surface area contributed by atoms with E-state index in [1.54, 1.807) is 24.3 Å². The summed E-state index contributed by atoms with van der Waals surface area (Å²) in [7, 11) is 0. The van der Waals surface area contributed by atoms with Crippen LogP contribution in [0.4, 0.5) is 11.4 Å². The predicted octanol–water partition coefficient (Wildman–Crippen LogP) is 4.51. The van der Waals surface area contributed by atoms with Crippen molar-refractivity contribution in [1.82, 2.24) is 0 Å². The highest BCUT2D eigenvalue weighted by atomic mass is 16.2. The van der Waals surface area contributed by atoms with Crippen LogP contribution in [0.5, 0.6) is 0 Å². The number of carbonyl (C=O) groups excluding carboxylic acids is 2. The molecule has 0 aliphatic rings. The van der Waals surface area contributed by atoms with Gasteiger partial charge < -0.3 is 10.6 Å². The number of para-hydroxylation sites is 2. The standard InChI is InChI=1S/C22H20N2O2/c25-21(16-15-17-9-3-1-4-10-17)24-20-14-8-7-13-19(20)22(26)23-18-11-5-2-6-12-18/h1-14H,15-16H2,(H,23,26)(H,24,25). The second-order valence-corrected chi connectivity index (χ2v) is 5.90. The maximum Gasteiger partial charge on any atom is 0.257 e. The van der Waals surface area contributed by atoms with Crippen molar-refractivity contribution in [3.05, 3.63) is 96.1 Å². The van der Waals surface area contributed by atoms with Crippen LogP contribution in [0.15, 0.2) is 84.9 Å². The Morgan fingerprint density at radius 3 is 2.04 bits per heavy atom. The van der Waals surface area contributed by atoms with Crippen LogP contribution in [0, 0.1) is 0 Å². The van der Waals surface area contributed by atoms with Crippen LogP contribution in [0.1, 0.15) is 22.3 Å². The van der Waals surface area contributed by atoms with Gasteiger partial charge in [0.05, 0.1) is 11.3 Å². The minimum absolute atomic E-state index is 0.117. The van der Waals surface area contributed by atoms with E-state index < -0.39 is 0 Å². The monoisotopic (exact) mass is 344 g/mol. The van der Waals surface area contributed by atoms with Crippen molar-refractivity contribution in [1.29, 1.82) is 0 Å². The summed E-state index contributed by atoms with van der Waals surface area (Å²) in [4.78, 5) is 24.8. The van der Waals surface area contributed by atoms with E-state index in [0.29, 0.717) is 29.8 Å². The zero-order valence-electron chi connectivity index (χ0n) is 14.3. The van der Waals surface area contributed by atoms with Crippen LogP contribution in [-0.2, 0) is 11.2 Å². The first kappa shape index (κ1) is 17.4. The van der Waals surface area contributed by atoms with Gasteiger partial charge in [-0.2, -0.15) is 0 Å². The van der Waals surface area contributed by atoms with E-state index in [2.05, 4.69) is 10.6 Å². The summed E-state index contributed by atoms with van der Waals surface area (Å²) in [6, 6.07) is 26.1. The minimum atomic E-state index is -0.254. The normalized spacial score (nSPS) is 10.2. The molecule has 0 atom stereocenters. The fraction of sp³-hybridized carbons (Fsp3) is 0.0909. The average molecular weight is 344 g/mol. The molecule has 2 N–H and O–H groups in total. The second kappa shape index (κ2) is 8.62. The lowest BCUT2D eigenvalue weighted by atomic mass is 10.1. The highest BCUT2D eigenvalue weighted by Gasteiger charge is 2.13. The molecule has 4 nitrogen and oxygen atoms in total. The molecule has 3 rings (SSSR count). The van der Waals surface area contributed by atoms with Crippen molar-refractivity contribution in [3.63, 3.8) is 0 Å². The van der Waals surface area contributed by atoms with Crippen LogP contribution in [0.3, 0.4) is 0 Å². The number of hydrogen-bond acceptors (Lipinski definition) is 2. The van der Waals surface area contributed by atoms with Crippen LogP contribution >= 0.6 is 0 Å². The van der Waals surface area contributed by atoms with Gasteiger partial charge in [0.15, 0.2) is 0 Å². The first-order valence-electron chi connectivity index (χ1n) is 8.51. The SMILES string of the molecule is O=C(CCc1ccccc1)Nc1ccccc1C(=O)Nc1ccccc1. The maximum absolute atomic E-state index is 12.5. The van der Waals surface area contributed by atoms with E-state index in [4.69, 9.17) is 0 Å². The molecule has 0 saturated heterocycles. The van der Waals surface area contributed by atoms with E-state index in [-0.39, 0.29) is 11.8 Å². The van der Waals surface area contributed by atoms with Crippen molar-refractivity contribution in [2.24, 2.45) is 0 Å². The van der Waals surface area contributed by atoms with Gasteiger partial charge in [0.25, 0.3) is 5.91 Å². The number of hydrogen-bond donors (Lipinski definition) is 2. The Labute approximate surface area is 152 Å². The topological polar surface area (TPSA) is 58.2 Å². The molecule has 2 amide bonds. The number of benzene rings is 3. The Kier molecular flexibility index (Phi) is 5.78. The summed E-state index contributed by atoms with van der Waals surface area (Å²) >= 11 is 0. The fourth-order valence-electron chi connectivity index (χ4n) is 2.63. The second-order valence-electron chi connectivity index (χ2n) is 5.90. The molecule has 0 aliphatic carbocycles. The zero-order chi connectivity index (χ0) is 18.2. The van der Waals surface area contributed by atoms with Crippen LogP contribution in [0.25, 0.3) is 0 Å². The molecule has 3 aromatic carbocycles. The van der Waals surface area contributed by atoms with E-state index in [9.17, 15) is 9.59 Å². The summed E-state index contributed by atoms with van der Waals surface area (Å²) in [5.74, 6) is -0.371. The molecular formula is C22H20N2O2. The number of nitrogens with one attached hydrogen (secondary N) is 2. The summed E-state index contributed by atoms with van der Waals surface area (Å²) in [5.41, 5.74) is 2.77. The quantitative estimate of drug-likeness (QED) is 0.691. The first-order chi connectivity index (χ1) is 12.7. The molecule has 26 heavy (non-hydrogen) atoms. The van der Waals surface area contributed by atoms with Crippen LogP contribution in [0.2, 0.25) is 0 Å². The van der Waals surface area contributed by atoms with Gasteiger partial charge in [-0.15, -0.1) is 0 Å². The Morgan fingerprint density at radius 2 is 1.31 bits per heavy atom. The number of rotatable bonds is 6. The van der Waals surface area contributed by atoms with Crippen LogP contribution < -0.4 is 10.6 Å². The number of aryl methyl sites for hydroxylation is 1. The van der Waals surface area contributed by atoms with E-state index in [0.717, 1.165) is 5.56 Å². The number of amides is 2. The predicted molar refractivity (Wildman–Crippen MR) is 104 cm³/mol. The summed E-state index contributed by atoms with van der Waals surface area (Å²) in [6.45, 7) is 0. The molecule has 0 aromatic heterocycles. The summed E-state index contributed by atoms with van der Waals surface area (Å²) in [5, 5.41) is 5.69. The van der Waals surface area contributed by atoms with Gasteiger partial charge in [-0.25, -0.2) is 0 Å². The third-order valence-corrected chi connectivity index (χ3v) is 3.96. The fourth-order valence-corrected chi connectivity index (χ4v) is 2.63. The maximum atomic E-state index is 12.5. The van der Waals surface area contributed by atoms with Crippen molar-refractivity contribution in [3.8, 4) is 0 Å². The molecular weight excluding hydrogens is 324 g/mol. The Bertz CT molecular complexity index is 877. The Hall–Kier alpha value is -3.40. The lowest BCUT2D eigenvalue weighted by molar-refractivity contribution is -0.116. The van der Waals surface area contributed by atoms with Gasteiger partial charge in [-0.05, 0) is 36.2 Å². The highest BCUT2D eigenvalue weighted by Crippen LogP contribution is 2.18. The van der Waals surface area contributed by atoms with Crippen LogP contribution in [-0.4, -0.2) is 11.8 Å². The molecule has 4 heteroatoms. The smallest absolute Gasteiger partial charge is 0.257 e. The number of carbonyl (C=O) groups is 2. The van der Waals surface area contributed by atoms with Gasteiger partial charge in [-0.3, -0.25) is 9.59 Å². The molecule has 0 fully saturated rings. The Balaban J connectivity index is 1.65. The third kappa shape index (κ3) is 4.80. The molecule has 0 bridgehead atoms. The average Bonchev–Trinajstić information content (AvgIpc) is 2.68. The largest absolute Gasteiger partial charge is 0.325 e. The van der Waals surface area contributed by atoms with Gasteiger partial charge in [0.2, 0.25) is 5.91 Å². The van der Waals surface area contributed by atoms with E-state index >= 15 is 0 Å². The molecule has 0 radical (unpaired) electrons. The van der Waals surface area contributed by atoms with Crippen molar-refractivity contribution < 1.29 is 9.59 Å². The molecule has 130 valence electrons. The minimum Gasteiger partial charge on any atom is -0.325 e. The molecule has 0 aliphatic heterocycles. The molecule has 0 saturated carbocycles. The van der Waals surface area contributed by atoms with Gasteiger partial charge in [0, 0.05) is 12.1 Å². The van der Waals surface area contributed by atoms with E-state index in [1.807, 2.05) is 60.7 Å². The zero-order valence-corrected chi connectivity index (χ0v) is 14.3. The summed E-state index contributed by atoms with van der Waals surface area (Å²) in [6.07, 6.45) is 1.02. The van der Waals surface area contributed by atoms with Gasteiger partial charge >= 0.3 is 0 Å².